The van der Waals surface area contributed by atoms with E-state index in [2.05, 4.69) is 15.0 Å². The van der Waals surface area contributed by atoms with Crippen molar-refractivity contribution in [1.29, 1.82) is 0 Å². The summed E-state index contributed by atoms with van der Waals surface area (Å²) in [5, 5.41) is 13.6. The van der Waals surface area contributed by atoms with Crippen LogP contribution in [0.3, 0.4) is 0 Å². The highest BCUT2D eigenvalue weighted by molar-refractivity contribution is 5.76. The van der Waals surface area contributed by atoms with Gasteiger partial charge >= 0.3 is 5.97 Å². The molecule has 1 saturated heterocycles. The molecule has 1 aliphatic heterocycles. The van der Waals surface area contributed by atoms with Gasteiger partial charge in [0, 0.05) is 18.5 Å². The molecule has 0 aromatic carbocycles. The van der Waals surface area contributed by atoms with Crippen LogP contribution in [0.4, 0.5) is 0 Å². The Morgan fingerprint density at radius 3 is 2.86 bits per heavy atom. The molecule has 1 aromatic heterocycles. The van der Waals surface area contributed by atoms with Crippen molar-refractivity contribution in [2.24, 2.45) is 11.3 Å². The first-order valence-corrected chi connectivity index (χ1v) is 7.60. The average molecular weight is 293 g/mol. The van der Waals surface area contributed by atoms with Crippen LogP contribution in [-0.2, 0) is 16.8 Å². The normalized spacial score (nSPS) is 29.8. The molecular weight excluding hydrogens is 270 g/mol. The van der Waals surface area contributed by atoms with Crippen molar-refractivity contribution in [1.82, 2.24) is 15.0 Å². The zero-order valence-corrected chi connectivity index (χ0v) is 12.9. The molecule has 116 valence electrons. The van der Waals surface area contributed by atoms with Crippen molar-refractivity contribution in [3.05, 3.63) is 11.7 Å². The van der Waals surface area contributed by atoms with Crippen molar-refractivity contribution in [2.75, 3.05) is 13.1 Å². The fourth-order valence-electron chi connectivity index (χ4n) is 3.68. The number of likely N-dealkylation sites (tertiary alicyclic amines) is 1. The number of carboxylic acid groups (broad SMARTS) is 1. The third-order valence-corrected chi connectivity index (χ3v) is 4.86. The van der Waals surface area contributed by atoms with E-state index in [4.69, 9.17) is 4.52 Å². The lowest BCUT2D eigenvalue weighted by molar-refractivity contribution is -0.149. The van der Waals surface area contributed by atoms with Gasteiger partial charge in [-0.05, 0) is 18.8 Å². The molecular formula is C15H23N3O3. The van der Waals surface area contributed by atoms with Crippen LogP contribution < -0.4 is 0 Å². The third kappa shape index (κ3) is 2.46. The number of aliphatic carboxylic acids is 1. The molecule has 0 bridgehead atoms. The van der Waals surface area contributed by atoms with Crippen LogP contribution in [0.5, 0.6) is 0 Å². The third-order valence-electron chi connectivity index (χ3n) is 4.86. The van der Waals surface area contributed by atoms with Gasteiger partial charge in [0.05, 0.1) is 12.0 Å². The van der Waals surface area contributed by atoms with E-state index in [9.17, 15) is 9.90 Å². The first-order valence-electron chi connectivity index (χ1n) is 7.60. The Balaban J connectivity index is 1.70. The molecule has 0 spiro atoms. The van der Waals surface area contributed by atoms with Gasteiger partial charge in [0.25, 0.3) is 0 Å². The second-order valence-electron chi connectivity index (χ2n) is 7.48. The number of carbonyl (C=O) groups is 1. The smallest absolute Gasteiger partial charge is 0.311 e. The molecule has 1 aliphatic carbocycles. The van der Waals surface area contributed by atoms with E-state index in [0.29, 0.717) is 24.8 Å². The molecule has 0 radical (unpaired) electrons. The molecule has 6 nitrogen and oxygen atoms in total. The van der Waals surface area contributed by atoms with Crippen LogP contribution >= 0.6 is 0 Å². The van der Waals surface area contributed by atoms with E-state index in [1.165, 1.54) is 0 Å². The number of nitrogens with zero attached hydrogens (tertiary/aromatic N) is 3. The van der Waals surface area contributed by atoms with Crippen LogP contribution in [0.2, 0.25) is 0 Å². The molecule has 0 unspecified atom stereocenters. The number of fused-ring (bicyclic) bond motifs is 1. The monoisotopic (exact) mass is 293 g/mol. The molecule has 2 aliphatic rings. The summed E-state index contributed by atoms with van der Waals surface area (Å²) in [6.45, 7) is 8.10. The van der Waals surface area contributed by atoms with Crippen LogP contribution in [0.25, 0.3) is 0 Å². The highest BCUT2D eigenvalue weighted by atomic mass is 16.5. The van der Waals surface area contributed by atoms with E-state index < -0.39 is 11.4 Å². The summed E-state index contributed by atoms with van der Waals surface area (Å²) >= 11 is 0. The lowest BCUT2D eigenvalue weighted by Crippen LogP contribution is -2.35. The summed E-state index contributed by atoms with van der Waals surface area (Å²) in [5.41, 5.74) is -0.682. The van der Waals surface area contributed by atoms with Crippen LogP contribution in [0.1, 0.15) is 51.7 Å². The second kappa shape index (κ2) is 4.80. The minimum Gasteiger partial charge on any atom is -0.481 e. The van der Waals surface area contributed by atoms with Gasteiger partial charge in [0.15, 0.2) is 5.82 Å². The van der Waals surface area contributed by atoms with Gasteiger partial charge in [-0.2, -0.15) is 4.98 Å². The van der Waals surface area contributed by atoms with Crippen molar-refractivity contribution < 1.29 is 14.4 Å². The molecule has 2 atom stereocenters. The average Bonchev–Trinajstić information content (AvgIpc) is 3.01. The van der Waals surface area contributed by atoms with Gasteiger partial charge in [0.2, 0.25) is 5.89 Å². The molecule has 21 heavy (non-hydrogen) atoms. The number of aromatic nitrogens is 2. The molecule has 1 N–H and O–H groups in total. The summed E-state index contributed by atoms with van der Waals surface area (Å²) in [6.07, 6.45) is 2.83. The van der Waals surface area contributed by atoms with Gasteiger partial charge in [0.1, 0.15) is 0 Å². The van der Waals surface area contributed by atoms with E-state index in [1.807, 2.05) is 20.8 Å². The zero-order valence-electron chi connectivity index (χ0n) is 12.9. The Kier molecular flexibility index (Phi) is 3.31. The van der Waals surface area contributed by atoms with Crippen molar-refractivity contribution >= 4 is 5.97 Å². The van der Waals surface area contributed by atoms with E-state index in [1.54, 1.807) is 0 Å². The predicted molar refractivity (Wildman–Crippen MR) is 75.7 cm³/mol. The van der Waals surface area contributed by atoms with Crippen molar-refractivity contribution in [3.8, 4) is 0 Å². The standard InChI is InChI=1S/C15H23N3O3/c1-14(2,3)12-16-11(21-17-12)8-18-7-10-5-4-6-15(10,9-18)13(19)20/h10H,4-9H2,1-3H3,(H,19,20)/t10-,15+/m0/s1. The minimum atomic E-state index is -0.645. The second-order valence-corrected chi connectivity index (χ2v) is 7.48. The number of hydrogen-bond donors (Lipinski definition) is 1. The van der Waals surface area contributed by atoms with Gasteiger partial charge in [-0.15, -0.1) is 0 Å². The summed E-state index contributed by atoms with van der Waals surface area (Å²) in [5.74, 6) is 0.902. The topological polar surface area (TPSA) is 79.5 Å². The fraction of sp³-hybridized carbons (Fsp3) is 0.800. The maximum absolute atomic E-state index is 11.7. The van der Waals surface area contributed by atoms with Crippen LogP contribution in [0.15, 0.2) is 4.52 Å². The number of rotatable bonds is 3. The molecule has 0 amide bonds. The van der Waals surface area contributed by atoms with E-state index in [-0.39, 0.29) is 11.3 Å². The Hall–Kier alpha value is -1.43. The van der Waals surface area contributed by atoms with E-state index >= 15 is 0 Å². The Bertz CT molecular complexity index is 549. The highest BCUT2D eigenvalue weighted by Crippen LogP contribution is 2.49. The lowest BCUT2D eigenvalue weighted by atomic mass is 9.81. The molecule has 1 saturated carbocycles. The van der Waals surface area contributed by atoms with E-state index in [0.717, 1.165) is 25.8 Å². The molecule has 3 rings (SSSR count). The summed E-state index contributed by atoms with van der Waals surface area (Å²) < 4.78 is 5.32. The van der Waals surface area contributed by atoms with Crippen molar-refractivity contribution in [3.63, 3.8) is 0 Å². The molecule has 2 heterocycles. The SMILES string of the molecule is CC(C)(C)c1noc(CN2C[C@@H]3CCC[C@@]3(C(=O)O)C2)n1. The summed E-state index contributed by atoms with van der Waals surface area (Å²) in [6, 6.07) is 0. The van der Waals surface area contributed by atoms with Crippen LogP contribution in [0, 0.1) is 11.3 Å². The first kappa shape index (κ1) is 14.5. The van der Waals surface area contributed by atoms with Gasteiger partial charge in [-0.25, -0.2) is 0 Å². The Morgan fingerprint density at radius 2 is 2.29 bits per heavy atom. The fourth-order valence-corrected chi connectivity index (χ4v) is 3.68. The van der Waals surface area contributed by atoms with Gasteiger partial charge in [-0.1, -0.05) is 32.3 Å². The maximum atomic E-state index is 11.7. The highest BCUT2D eigenvalue weighted by Gasteiger charge is 2.54. The van der Waals surface area contributed by atoms with Gasteiger partial charge < -0.3 is 9.63 Å². The van der Waals surface area contributed by atoms with Crippen molar-refractivity contribution in [2.45, 2.75) is 52.0 Å². The van der Waals surface area contributed by atoms with Gasteiger partial charge in [-0.3, -0.25) is 9.69 Å². The Labute approximate surface area is 124 Å². The molecule has 2 fully saturated rings. The quantitative estimate of drug-likeness (QED) is 0.919. The molecule has 6 heteroatoms. The minimum absolute atomic E-state index is 0.133. The number of carboxylic acids is 1. The summed E-state index contributed by atoms with van der Waals surface area (Å²) in [4.78, 5) is 18.3. The zero-order chi connectivity index (χ0) is 15.3. The predicted octanol–water partition coefficient (Wildman–Crippen LogP) is 2.05. The van der Waals surface area contributed by atoms with Crippen LogP contribution in [-0.4, -0.2) is 39.2 Å². The molecule has 1 aromatic rings. The summed E-state index contributed by atoms with van der Waals surface area (Å²) in [7, 11) is 0. The first-order chi connectivity index (χ1) is 9.81. The Morgan fingerprint density at radius 1 is 1.52 bits per heavy atom. The largest absolute Gasteiger partial charge is 0.481 e. The maximum Gasteiger partial charge on any atom is 0.311 e. The number of hydrogen-bond acceptors (Lipinski definition) is 5. The lowest BCUT2D eigenvalue weighted by Gasteiger charge is -2.23.